The molecule has 0 bridgehead atoms. The van der Waals surface area contributed by atoms with E-state index in [1.807, 2.05) is 12.2 Å². The largest absolute Gasteiger partial charge is 0.396 e. The van der Waals surface area contributed by atoms with Crippen molar-refractivity contribution < 1.29 is 19.8 Å². The lowest BCUT2D eigenvalue weighted by atomic mass is 9.47. The molecule has 5 heteroatoms. The summed E-state index contributed by atoms with van der Waals surface area (Å²) >= 11 is 0. The molecule has 0 spiro atoms. The van der Waals surface area contributed by atoms with Gasteiger partial charge in [0.2, 0.25) is 0 Å². The normalized spacial score (nSPS) is 45.8. The van der Waals surface area contributed by atoms with Gasteiger partial charge in [-0.2, -0.15) is 0 Å². The van der Waals surface area contributed by atoms with E-state index in [4.69, 9.17) is 4.84 Å². The topological polar surface area (TPSA) is 79.1 Å². The summed E-state index contributed by atoms with van der Waals surface area (Å²) in [5.74, 6) is 1.05. The zero-order valence-electron chi connectivity index (χ0n) is 18.6. The van der Waals surface area contributed by atoms with Gasteiger partial charge in [-0.3, -0.25) is 4.79 Å². The number of allylic oxidation sites excluding steroid dienone is 2. The number of carbonyl (C=O) groups excluding carboxylic acids is 1. The van der Waals surface area contributed by atoms with E-state index in [-0.39, 0.29) is 22.5 Å². The van der Waals surface area contributed by atoms with Crippen molar-refractivity contribution in [3.8, 4) is 0 Å². The fraction of sp³-hybridized carbons (Fsp3) is 0.760. The molecule has 2 N–H and O–H groups in total. The molecule has 1 unspecified atom stereocenters. The molecule has 5 nitrogen and oxygen atoms in total. The third-order valence-electron chi connectivity index (χ3n) is 9.05. The van der Waals surface area contributed by atoms with Crippen LogP contribution in [-0.4, -0.2) is 40.5 Å². The van der Waals surface area contributed by atoms with E-state index >= 15 is 0 Å². The molecule has 0 amide bonds. The van der Waals surface area contributed by atoms with Crippen molar-refractivity contribution in [2.75, 3.05) is 6.61 Å². The minimum atomic E-state index is -0.786. The number of ketones is 1. The molecular weight excluding hydrogens is 378 g/mol. The molecule has 3 fully saturated rings. The molecular formula is C25H37NO4. The summed E-state index contributed by atoms with van der Waals surface area (Å²) in [5, 5.41) is 25.0. The molecule has 8 atom stereocenters. The standard InChI is InChI=1S/C25H37NO4/c1-5-6-11-30-26-15(2)17-7-8-18-16-12-21(27)20-13-22(28)23(29)14-25(20,4)19(16)9-10-24(17,18)3/h5,12,17-20,22-23,28-29H,1,6-11,13-14H2,2-4H3/b26-15+/t17-,18-,19?,20+,22-,23+,24-,25-/m1/s1. The average Bonchev–Trinajstić information content (AvgIpc) is 3.05. The molecule has 30 heavy (non-hydrogen) atoms. The maximum absolute atomic E-state index is 13.1. The van der Waals surface area contributed by atoms with E-state index in [2.05, 4.69) is 32.5 Å². The van der Waals surface area contributed by atoms with Gasteiger partial charge in [0.05, 0.1) is 17.9 Å². The number of carbonyl (C=O) groups is 1. The number of aliphatic hydroxyl groups excluding tert-OH is 2. The molecule has 3 saturated carbocycles. The van der Waals surface area contributed by atoms with E-state index in [0.717, 1.165) is 37.8 Å². The monoisotopic (exact) mass is 415 g/mol. The fourth-order valence-corrected chi connectivity index (χ4v) is 7.43. The van der Waals surface area contributed by atoms with Crippen LogP contribution in [0.5, 0.6) is 0 Å². The van der Waals surface area contributed by atoms with Crippen molar-refractivity contribution in [3.05, 3.63) is 24.3 Å². The van der Waals surface area contributed by atoms with Crippen LogP contribution in [0.15, 0.2) is 29.5 Å². The molecule has 0 aromatic heterocycles. The van der Waals surface area contributed by atoms with Gasteiger partial charge in [0.15, 0.2) is 5.78 Å². The average molecular weight is 416 g/mol. The van der Waals surface area contributed by atoms with Gasteiger partial charge in [0, 0.05) is 18.3 Å². The van der Waals surface area contributed by atoms with Crippen LogP contribution in [-0.2, 0) is 9.63 Å². The zero-order chi connectivity index (χ0) is 21.7. The molecule has 0 aromatic rings. The number of aliphatic hydroxyl groups is 2. The number of oxime groups is 1. The Hall–Kier alpha value is -1.46. The molecule has 166 valence electrons. The first-order valence-electron chi connectivity index (χ1n) is 11.6. The summed E-state index contributed by atoms with van der Waals surface area (Å²) in [4.78, 5) is 18.6. The molecule has 0 radical (unpaired) electrons. The van der Waals surface area contributed by atoms with Crippen molar-refractivity contribution in [2.24, 2.45) is 39.7 Å². The Morgan fingerprint density at radius 2 is 1.93 bits per heavy atom. The summed E-state index contributed by atoms with van der Waals surface area (Å²) < 4.78 is 0. The number of hydrogen-bond donors (Lipinski definition) is 2. The van der Waals surface area contributed by atoms with E-state index in [9.17, 15) is 15.0 Å². The number of rotatable bonds is 5. The van der Waals surface area contributed by atoms with E-state index in [1.54, 1.807) is 0 Å². The molecule has 0 aromatic carbocycles. The van der Waals surface area contributed by atoms with Crippen LogP contribution in [0.3, 0.4) is 0 Å². The minimum Gasteiger partial charge on any atom is -0.396 e. The summed E-state index contributed by atoms with van der Waals surface area (Å²) in [5.41, 5.74) is 2.20. The van der Waals surface area contributed by atoms with Crippen LogP contribution in [0.2, 0.25) is 0 Å². The fourth-order valence-electron chi connectivity index (χ4n) is 7.43. The zero-order valence-corrected chi connectivity index (χ0v) is 18.6. The maximum atomic E-state index is 13.1. The molecule has 0 saturated heterocycles. The Kier molecular flexibility index (Phi) is 5.73. The van der Waals surface area contributed by atoms with Gasteiger partial charge in [-0.1, -0.05) is 30.7 Å². The highest BCUT2D eigenvalue weighted by molar-refractivity contribution is 5.95. The number of fused-ring (bicyclic) bond motifs is 5. The van der Waals surface area contributed by atoms with Gasteiger partial charge >= 0.3 is 0 Å². The van der Waals surface area contributed by atoms with Crippen molar-refractivity contribution in [3.63, 3.8) is 0 Å². The van der Waals surface area contributed by atoms with E-state index < -0.39 is 12.2 Å². The number of hydrogen-bond acceptors (Lipinski definition) is 5. The highest BCUT2D eigenvalue weighted by atomic mass is 16.6. The van der Waals surface area contributed by atoms with E-state index in [0.29, 0.717) is 37.2 Å². The van der Waals surface area contributed by atoms with Crippen LogP contribution in [0.4, 0.5) is 0 Å². The Bertz CT molecular complexity index is 773. The van der Waals surface area contributed by atoms with Gasteiger partial charge in [-0.15, -0.1) is 6.58 Å². The van der Waals surface area contributed by atoms with Crippen LogP contribution >= 0.6 is 0 Å². The molecule has 4 aliphatic rings. The summed E-state index contributed by atoms with van der Waals surface area (Å²) in [6.07, 6.45) is 8.20. The van der Waals surface area contributed by atoms with E-state index in [1.165, 1.54) is 5.57 Å². The number of nitrogens with zero attached hydrogens (tertiary/aromatic N) is 1. The predicted molar refractivity (Wildman–Crippen MR) is 117 cm³/mol. The van der Waals surface area contributed by atoms with Gasteiger partial charge in [-0.05, 0) is 74.2 Å². The Labute approximate surface area is 180 Å². The maximum Gasteiger partial charge on any atom is 0.159 e. The summed E-state index contributed by atoms with van der Waals surface area (Å²) in [6, 6.07) is 0. The summed E-state index contributed by atoms with van der Waals surface area (Å²) in [7, 11) is 0. The quantitative estimate of drug-likeness (QED) is 0.307. The molecule has 4 rings (SSSR count). The Morgan fingerprint density at radius 3 is 2.67 bits per heavy atom. The lowest BCUT2D eigenvalue weighted by molar-refractivity contribution is -0.142. The third kappa shape index (κ3) is 3.29. The SMILES string of the molecule is C=CCCO/N=C(\C)[C@H]1CC[C@@H]2C3=CC(=O)[C@@H]4C[C@@H](O)[C@@H](O)C[C@]4(C)C3CC[C@@]21C. The van der Waals surface area contributed by atoms with Gasteiger partial charge < -0.3 is 15.1 Å². The van der Waals surface area contributed by atoms with Crippen molar-refractivity contribution in [1.29, 1.82) is 0 Å². The highest BCUT2D eigenvalue weighted by Gasteiger charge is 2.60. The van der Waals surface area contributed by atoms with Gasteiger partial charge in [0.1, 0.15) is 6.61 Å². The van der Waals surface area contributed by atoms with Crippen molar-refractivity contribution in [1.82, 2.24) is 0 Å². The second-order valence-corrected chi connectivity index (χ2v) is 10.6. The van der Waals surface area contributed by atoms with Crippen LogP contribution < -0.4 is 0 Å². The second kappa shape index (κ2) is 7.90. The molecule has 0 heterocycles. The lowest BCUT2D eigenvalue weighted by Crippen LogP contribution is -2.55. The van der Waals surface area contributed by atoms with Crippen LogP contribution in [0.25, 0.3) is 0 Å². The highest BCUT2D eigenvalue weighted by Crippen LogP contribution is 2.65. The first-order chi connectivity index (χ1) is 14.2. The van der Waals surface area contributed by atoms with Crippen LogP contribution in [0.1, 0.15) is 65.7 Å². The van der Waals surface area contributed by atoms with Crippen LogP contribution in [0, 0.1) is 34.5 Å². The first kappa shape index (κ1) is 21.8. The molecule has 0 aliphatic heterocycles. The molecule has 4 aliphatic carbocycles. The smallest absolute Gasteiger partial charge is 0.159 e. The summed E-state index contributed by atoms with van der Waals surface area (Å²) in [6.45, 7) is 10.9. The second-order valence-electron chi connectivity index (χ2n) is 10.6. The minimum absolute atomic E-state index is 0.0913. The van der Waals surface area contributed by atoms with Crippen molar-refractivity contribution >= 4 is 11.5 Å². The predicted octanol–water partition coefficient (Wildman–Crippen LogP) is 4.04. The first-order valence-corrected chi connectivity index (χ1v) is 11.6. The Morgan fingerprint density at radius 1 is 1.20 bits per heavy atom. The lowest BCUT2D eigenvalue weighted by Gasteiger charge is -2.57. The van der Waals surface area contributed by atoms with Crippen molar-refractivity contribution in [2.45, 2.75) is 77.9 Å². The Balaban J connectivity index is 1.60. The van der Waals surface area contributed by atoms with Gasteiger partial charge in [-0.25, -0.2) is 0 Å². The van der Waals surface area contributed by atoms with Gasteiger partial charge in [0.25, 0.3) is 0 Å². The third-order valence-corrected chi connectivity index (χ3v) is 9.05.